The molecular weight excluding hydrogens is 304 g/mol. The van der Waals surface area contributed by atoms with Crippen LogP contribution in [0.2, 0.25) is 0 Å². The van der Waals surface area contributed by atoms with Crippen LogP contribution in [0.3, 0.4) is 0 Å². The Morgan fingerprint density at radius 1 is 1.00 bits per heavy atom. The van der Waals surface area contributed by atoms with Gasteiger partial charge in [-0.2, -0.15) is 0 Å². The fourth-order valence-corrected chi connectivity index (χ4v) is 4.64. The normalized spacial score (nSPS) is 23.7. The molecule has 1 spiro atoms. The number of hydrogen-bond donors (Lipinski definition) is 0. The Bertz CT molecular complexity index is 350. The summed E-state index contributed by atoms with van der Waals surface area (Å²) in [5.74, 6) is 0.498. The van der Waals surface area contributed by atoms with E-state index in [0.29, 0.717) is 0 Å². The van der Waals surface area contributed by atoms with Gasteiger partial charge in [0.15, 0.2) is 5.41 Å². The first kappa shape index (κ1) is 15.9. The van der Waals surface area contributed by atoms with Crippen LogP contribution in [0.5, 0.6) is 0 Å². The number of esters is 2. The van der Waals surface area contributed by atoms with Crippen molar-refractivity contribution in [2.24, 2.45) is 5.41 Å². The SMILES string of the molecule is COCCC1(CCOC)C(=O)OC2(OC1=O)SCCS2. The molecule has 0 aromatic carbocycles. The van der Waals surface area contributed by atoms with E-state index in [1.165, 1.54) is 37.7 Å². The lowest BCUT2D eigenvalue weighted by atomic mass is 9.81. The minimum absolute atomic E-state index is 0.232. The molecule has 2 fully saturated rings. The largest absolute Gasteiger partial charge is 0.403 e. The van der Waals surface area contributed by atoms with Gasteiger partial charge in [0.2, 0.25) is 0 Å². The third-order valence-electron chi connectivity index (χ3n) is 3.32. The number of thioether (sulfide) groups is 2. The van der Waals surface area contributed by atoms with E-state index in [1.54, 1.807) is 0 Å². The minimum atomic E-state index is -1.32. The van der Waals surface area contributed by atoms with Gasteiger partial charge in [-0.1, -0.05) is 23.5 Å². The molecule has 0 N–H and O–H groups in total. The lowest BCUT2D eigenvalue weighted by Gasteiger charge is -2.40. The monoisotopic (exact) mass is 322 g/mol. The molecule has 0 saturated carbocycles. The van der Waals surface area contributed by atoms with E-state index in [1.807, 2.05) is 0 Å². The van der Waals surface area contributed by atoms with Gasteiger partial charge < -0.3 is 18.9 Å². The van der Waals surface area contributed by atoms with Crippen LogP contribution in [0, 0.1) is 5.41 Å². The number of hydrogen-bond acceptors (Lipinski definition) is 8. The smallest absolute Gasteiger partial charge is 0.358 e. The van der Waals surface area contributed by atoms with Crippen molar-refractivity contribution in [3.63, 3.8) is 0 Å². The molecule has 2 saturated heterocycles. The van der Waals surface area contributed by atoms with Crippen LogP contribution >= 0.6 is 23.5 Å². The number of methoxy groups -OCH3 is 2. The summed E-state index contributed by atoms with van der Waals surface area (Å²) in [5, 5.41) is 0. The lowest BCUT2D eigenvalue weighted by molar-refractivity contribution is -0.217. The predicted molar refractivity (Wildman–Crippen MR) is 75.3 cm³/mol. The number of carbonyl (C=O) groups is 2. The van der Waals surface area contributed by atoms with E-state index >= 15 is 0 Å². The molecule has 8 heteroatoms. The van der Waals surface area contributed by atoms with Crippen LogP contribution in [-0.4, -0.2) is 55.3 Å². The van der Waals surface area contributed by atoms with Crippen molar-refractivity contribution in [3.8, 4) is 0 Å². The fourth-order valence-electron chi connectivity index (χ4n) is 2.11. The van der Waals surface area contributed by atoms with Crippen LogP contribution in [0.25, 0.3) is 0 Å². The maximum atomic E-state index is 12.4. The molecule has 6 nitrogen and oxygen atoms in total. The highest BCUT2D eigenvalue weighted by molar-refractivity contribution is 8.20. The van der Waals surface area contributed by atoms with E-state index in [9.17, 15) is 9.59 Å². The summed E-state index contributed by atoms with van der Waals surface area (Å²) in [6, 6.07) is 0. The van der Waals surface area contributed by atoms with Gasteiger partial charge in [0.1, 0.15) is 0 Å². The van der Waals surface area contributed by atoms with Gasteiger partial charge >= 0.3 is 16.4 Å². The maximum absolute atomic E-state index is 12.4. The molecule has 0 aromatic heterocycles. The van der Waals surface area contributed by atoms with Crippen molar-refractivity contribution >= 4 is 35.5 Å². The van der Waals surface area contributed by atoms with Crippen LogP contribution in [-0.2, 0) is 28.5 Å². The Kier molecular flexibility index (Phi) is 5.22. The van der Waals surface area contributed by atoms with Gasteiger partial charge in [-0.25, -0.2) is 0 Å². The quantitative estimate of drug-likeness (QED) is 0.534. The van der Waals surface area contributed by atoms with Crippen molar-refractivity contribution in [3.05, 3.63) is 0 Å². The maximum Gasteiger partial charge on any atom is 0.358 e. The van der Waals surface area contributed by atoms with Gasteiger partial charge in [0.25, 0.3) is 0 Å². The first-order valence-corrected chi connectivity index (χ1v) is 8.28. The van der Waals surface area contributed by atoms with Crippen LogP contribution in [0.4, 0.5) is 0 Å². The van der Waals surface area contributed by atoms with E-state index in [-0.39, 0.29) is 26.1 Å². The van der Waals surface area contributed by atoms with Crippen LogP contribution < -0.4 is 0 Å². The summed E-state index contributed by atoms with van der Waals surface area (Å²) in [7, 11) is 3.04. The second kappa shape index (κ2) is 6.55. The fraction of sp³-hybridized carbons (Fsp3) is 0.833. The molecule has 2 aliphatic rings. The molecule has 0 atom stereocenters. The summed E-state index contributed by atoms with van der Waals surface area (Å²) in [4.78, 5) is 24.9. The third kappa shape index (κ3) is 2.93. The van der Waals surface area contributed by atoms with E-state index in [4.69, 9.17) is 18.9 Å². The summed E-state index contributed by atoms with van der Waals surface area (Å²) in [5.41, 5.74) is -1.32. The van der Waals surface area contributed by atoms with Gasteiger partial charge in [-0.15, -0.1) is 0 Å². The molecule has 0 unspecified atom stereocenters. The zero-order valence-corrected chi connectivity index (χ0v) is 13.1. The molecule has 20 heavy (non-hydrogen) atoms. The lowest BCUT2D eigenvalue weighted by Crippen LogP contribution is -2.54. The molecule has 0 aliphatic carbocycles. The molecule has 0 bridgehead atoms. The highest BCUT2D eigenvalue weighted by atomic mass is 32.2. The predicted octanol–water partition coefficient (Wildman–Crippen LogP) is 1.24. The van der Waals surface area contributed by atoms with Crippen molar-refractivity contribution < 1.29 is 28.5 Å². The Balaban J connectivity index is 2.18. The van der Waals surface area contributed by atoms with E-state index in [0.717, 1.165) is 11.5 Å². The molecule has 2 heterocycles. The highest BCUT2D eigenvalue weighted by Gasteiger charge is 2.60. The van der Waals surface area contributed by atoms with Crippen molar-refractivity contribution in [2.75, 3.05) is 38.9 Å². The first-order valence-electron chi connectivity index (χ1n) is 6.31. The molecule has 0 amide bonds. The topological polar surface area (TPSA) is 71.1 Å². The van der Waals surface area contributed by atoms with E-state index in [2.05, 4.69) is 0 Å². The van der Waals surface area contributed by atoms with Gasteiger partial charge in [0.05, 0.1) is 0 Å². The van der Waals surface area contributed by atoms with Gasteiger partial charge in [-0.3, -0.25) is 9.59 Å². The second-order valence-electron chi connectivity index (χ2n) is 4.54. The number of carbonyl (C=O) groups excluding carboxylic acids is 2. The standard InChI is InChI=1S/C12H18O6S2/c1-15-5-3-11(4-6-16-2)9(13)17-12(18-10(11)14)19-7-8-20-12/h3-8H2,1-2H3. The average Bonchev–Trinajstić information content (AvgIpc) is 2.86. The molecule has 2 rings (SSSR count). The Morgan fingerprint density at radius 2 is 1.45 bits per heavy atom. The van der Waals surface area contributed by atoms with Crippen LogP contribution in [0.15, 0.2) is 0 Å². The Hall–Kier alpha value is -0.440. The van der Waals surface area contributed by atoms with Crippen LogP contribution in [0.1, 0.15) is 12.8 Å². The Labute approximate surface area is 126 Å². The van der Waals surface area contributed by atoms with Gasteiger partial charge in [0, 0.05) is 38.9 Å². The minimum Gasteiger partial charge on any atom is -0.403 e. The van der Waals surface area contributed by atoms with Crippen molar-refractivity contribution in [2.45, 2.75) is 17.3 Å². The summed E-state index contributed by atoms with van der Waals surface area (Å²) in [6.07, 6.45) is 0.464. The molecule has 114 valence electrons. The summed E-state index contributed by atoms with van der Waals surface area (Å²) >= 11 is 2.67. The molecule has 0 radical (unpaired) electrons. The summed E-state index contributed by atoms with van der Waals surface area (Å²) < 4.78 is 19.7. The second-order valence-corrected chi connectivity index (χ2v) is 7.27. The molecule has 0 aromatic rings. The van der Waals surface area contributed by atoms with Crippen molar-refractivity contribution in [1.82, 2.24) is 0 Å². The van der Waals surface area contributed by atoms with Crippen molar-refractivity contribution in [1.29, 1.82) is 0 Å². The summed E-state index contributed by atoms with van der Waals surface area (Å²) in [6.45, 7) is 0.558. The Morgan fingerprint density at radius 3 is 1.85 bits per heavy atom. The third-order valence-corrected chi connectivity index (χ3v) is 6.15. The molecule has 2 aliphatic heterocycles. The zero-order chi connectivity index (χ0) is 14.6. The highest BCUT2D eigenvalue weighted by Crippen LogP contribution is 2.51. The average molecular weight is 322 g/mol. The number of ether oxygens (including phenoxy) is 4. The number of rotatable bonds is 6. The zero-order valence-electron chi connectivity index (χ0n) is 11.5. The van der Waals surface area contributed by atoms with Gasteiger partial charge in [-0.05, 0) is 12.8 Å². The van der Waals surface area contributed by atoms with E-state index < -0.39 is 21.8 Å². The first-order chi connectivity index (χ1) is 9.58. The molecular formula is C12H18O6S2.